The van der Waals surface area contributed by atoms with Crippen LogP contribution in [0.5, 0.6) is 0 Å². The van der Waals surface area contributed by atoms with E-state index in [2.05, 4.69) is 10.0 Å². The molecule has 2 amide bonds. The highest BCUT2D eigenvalue weighted by Crippen LogP contribution is 2.24. The number of likely N-dealkylation sites (tertiary alicyclic amines) is 1. The Morgan fingerprint density at radius 1 is 1.03 bits per heavy atom. The Hall–Kier alpha value is -1.64. The maximum atomic E-state index is 12.4. The number of rotatable bonds is 7. The monoisotopic (exact) mass is 455 g/mol. The largest absolute Gasteiger partial charge is 0.353 e. The zero-order valence-electron chi connectivity index (χ0n) is 17.1. The quantitative estimate of drug-likeness (QED) is 0.660. The summed E-state index contributed by atoms with van der Waals surface area (Å²) in [5, 5.41) is 3.30. The average molecular weight is 456 g/mol. The molecule has 0 spiro atoms. The maximum Gasteiger partial charge on any atom is 0.242 e. The van der Waals surface area contributed by atoms with Crippen LogP contribution >= 0.6 is 11.6 Å². The third-order valence-electron chi connectivity index (χ3n) is 5.93. The molecule has 1 aromatic rings. The van der Waals surface area contributed by atoms with Crippen molar-refractivity contribution in [3.8, 4) is 0 Å². The highest BCUT2D eigenvalue weighted by Gasteiger charge is 2.27. The van der Waals surface area contributed by atoms with Gasteiger partial charge in [0.15, 0.2) is 0 Å². The summed E-state index contributed by atoms with van der Waals surface area (Å²) in [7, 11) is -3.75. The van der Waals surface area contributed by atoms with Gasteiger partial charge in [-0.15, -0.1) is 0 Å². The van der Waals surface area contributed by atoms with Crippen LogP contribution in [0, 0.1) is 5.92 Å². The summed E-state index contributed by atoms with van der Waals surface area (Å²) in [5.74, 6) is 0.215. The fourth-order valence-corrected chi connectivity index (χ4v) is 5.70. The minimum Gasteiger partial charge on any atom is -0.353 e. The van der Waals surface area contributed by atoms with Gasteiger partial charge in [0.25, 0.3) is 0 Å². The second kappa shape index (κ2) is 10.6. The highest BCUT2D eigenvalue weighted by molar-refractivity contribution is 7.89. The molecule has 7 nitrogen and oxygen atoms in total. The molecule has 1 heterocycles. The third-order valence-corrected chi connectivity index (χ3v) is 7.89. The number of nitrogens with one attached hydrogen (secondary N) is 2. The second-order valence-corrected chi connectivity index (χ2v) is 10.2. The van der Waals surface area contributed by atoms with Gasteiger partial charge in [0.1, 0.15) is 4.90 Å². The van der Waals surface area contributed by atoms with Gasteiger partial charge < -0.3 is 10.2 Å². The molecule has 0 unspecified atom stereocenters. The SMILES string of the molecule is O=C(NC1CCN(C(=O)CCNS(=O)(=O)c2ccccc2Cl)CC1)C1CCCCC1. The number of carbonyl (C=O) groups excluding carboxylic acids is 2. The molecule has 1 aliphatic heterocycles. The summed E-state index contributed by atoms with van der Waals surface area (Å²) in [5.41, 5.74) is 0. The van der Waals surface area contributed by atoms with E-state index in [0.29, 0.717) is 13.1 Å². The number of piperidine rings is 1. The van der Waals surface area contributed by atoms with E-state index in [1.807, 2.05) is 0 Å². The first kappa shape index (κ1) is 23.0. The highest BCUT2D eigenvalue weighted by atomic mass is 35.5. The number of nitrogens with zero attached hydrogens (tertiary/aromatic N) is 1. The van der Waals surface area contributed by atoms with E-state index in [1.165, 1.54) is 18.6 Å². The van der Waals surface area contributed by atoms with Gasteiger partial charge in [0.2, 0.25) is 21.8 Å². The fraction of sp³-hybridized carbons (Fsp3) is 0.619. The van der Waals surface area contributed by atoms with Crippen LogP contribution in [0.1, 0.15) is 51.4 Å². The minimum atomic E-state index is -3.75. The van der Waals surface area contributed by atoms with Gasteiger partial charge in [-0.2, -0.15) is 0 Å². The lowest BCUT2D eigenvalue weighted by Gasteiger charge is -2.33. The molecular formula is C21H30ClN3O4S. The molecule has 1 saturated heterocycles. The van der Waals surface area contributed by atoms with Gasteiger partial charge in [-0.05, 0) is 37.8 Å². The number of sulfonamides is 1. The summed E-state index contributed by atoms with van der Waals surface area (Å²) >= 11 is 5.95. The van der Waals surface area contributed by atoms with Crippen molar-refractivity contribution in [3.05, 3.63) is 29.3 Å². The van der Waals surface area contributed by atoms with Gasteiger partial charge in [-0.3, -0.25) is 9.59 Å². The standard InChI is InChI=1S/C21H30ClN3O4S/c22-18-8-4-5-9-19(18)30(28,29)23-13-10-20(26)25-14-11-17(12-15-25)24-21(27)16-6-2-1-3-7-16/h4-5,8-9,16-17,23H,1-3,6-7,10-15H2,(H,24,27). The fourth-order valence-electron chi connectivity index (χ4n) is 4.15. The minimum absolute atomic E-state index is 0.00800. The Labute approximate surface area is 183 Å². The molecular weight excluding hydrogens is 426 g/mol. The summed E-state index contributed by atoms with van der Waals surface area (Å²) < 4.78 is 27.1. The lowest BCUT2D eigenvalue weighted by molar-refractivity contribution is -0.132. The summed E-state index contributed by atoms with van der Waals surface area (Å²) in [6, 6.07) is 6.31. The van der Waals surface area contributed by atoms with Gasteiger partial charge >= 0.3 is 0 Å². The van der Waals surface area contributed by atoms with E-state index in [4.69, 9.17) is 11.6 Å². The van der Waals surface area contributed by atoms with E-state index in [1.54, 1.807) is 17.0 Å². The van der Waals surface area contributed by atoms with Crippen LogP contribution in [0.25, 0.3) is 0 Å². The molecule has 166 valence electrons. The van der Waals surface area contributed by atoms with Crippen LogP contribution < -0.4 is 10.0 Å². The molecule has 2 aliphatic rings. The molecule has 0 atom stereocenters. The molecule has 0 bridgehead atoms. The molecule has 0 radical (unpaired) electrons. The number of benzene rings is 1. The molecule has 2 fully saturated rings. The van der Waals surface area contributed by atoms with Crippen molar-refractivity contribution < 1.29 is 18.0 Å². The lowest BCUT2D eigenvalue weighted by Crippen LogP contribution is -2.48. The first-order valence-corrected chi connectivity index (χ1v) is 12.6. The Kier molecular flexibility index (Phi) is 8.13. The zero-order valence-corrected chi connectivity index (χ0v) is 18.7. The number of hydrogen-bond acceptors (Lipinski definition) is 4. The average Bonchev–Trinajstić information content (AvgIpc) is 2.75. The van der Waals surface area contributed by atoms with E-state index in [-0.39, 0.29) is 46.7 Å². The van der Waals surface area contributed by atoms with Crippen LogP contribution in [0.4, 0.5) is 0 Å². The Bertz CT molecular complexity index is 848. The molecule has 30 heavy (non-hydrogen) atoms. The Balaban J connectivity index is 1.39. The van der Waals surface area contributed by atoms with Crippen molar-refractivity contribution >= 4 is 33.4 Å². The Morgan fingerprint density at radius 3 is 2.37 bits per heavy atom. The van der Waals surface area contributed by atoms with Crippen molar-refractivity contribution in [3.63, 3.8) is 0 Å². The van der Waals surface area contributed by atoms with Crippen molar-refractivity contribution in [2.75, 3.05) is 19.6 Å². The van der Waals surface area contributed by atoms with Crippen LogP contribution in [-0.4, -0.2) is 50.8 Å². The predicted molar refractivity (Wildman–Crippen MR) is 116 cm³/mol. The van der Waals surface area contributed by atoms with Gasteiger partial charge in [0.05, 0.1) is 5.02 Å². The number of halogens is 1. The maximum absolute atomic E-state index is 12.4. The molecule has 1 saturated carbocycles. The normalized spacial score (nSPS) is 18.9. The summed E-state index contributed by atoms with van der Waals surface area (Å²) in [4.78, 5) is 26.6. The first-order valence-electron chi connectivity index (χ1n) is 10.7. The second-order valence-electron chi connectivity index (χ2n) is 8.08. The van der Waals surface area contributed by atoms with Crippen LogP contribution in [-0.2, 0) is 19.6 Å². The van der Waals surface area contributed by atoms with Crippen molar-refractivity contribution in [2.24, 2.45) is 5.92 Å². The molecule has 3 rings (SSSR count). The van der Waals surface area contributed by atoms with Crippen LogP contribution in [0.3, 0.4) is 0 Å². The van der Waals surface area contributed by atoms with E-state index in [0.717, 1.165) is 38.5 Å². The van der Waals surface area contributed by atoms with Gasteiger partial charge in [0, 0.05) is 38.0 Å². The van der Waals surface area contributed by atoms with Gasteiger partial charge in [-0.25, -0.2) is 13.1 Å². The zero-order chi connectivity index (χ0) is 21.6. The number of hydrogen-bond donors (Lipinski definition) is 2. The molecule has 9 heteroatoms. The van der Waals surface area contributed by atoms with Gasteiger partial charge in [-0.1, -0.05) is 43.0 Å². The number of carbonyl (C=O) groups is 2. The Morgan fingerprint density at radius 2 is 1.70 bits per heavy atom. The first-order chi connectivity index (χ1) is 14.4. The van der Waals surface area contributed by atoms with E-state index in [9.17, 15) is 18.0 Å². The topological polar surface area (TPSA) is 95.6 Å². The summed E-state index contributed by atoms with van der Waals surface area (Å²) in [6.07, 6.45) is 6.99. The number of amides is 2. The lowest BCUT2D eigenvalue weighted by atomic mass is 9.88. The van der Waals surface area contributed by atoms with Crippen molar-refractivity contribution in [2.45, 2.75) is 62.3 Å². The van der Waals surface area contributed by atoms with Crippen LogP contribution in [0.15, 0.2) is 29.2 Å². The van der Waals surface area contributed by atoms with Crippen LogP contribution in [0.2, 0.25) is 5.02 Å². The molecule has 0 aromatic heterocycles. The van der Waals surface area contributed by atoms with E-state index >= 15 is 0 Å². The van der Waals surface area contributed by atoms with E-state index < -0.39 is 10.0 Å². The molecule has 2 N–H and O–H groups in total. The predicted octanol–water partition coefficient (Wildman–Crippen LogP) is 2.70. The summed E-state index contributed by atoms with van der Waals surface area (Å²) in [6.45, 7) is 1.17. The van der Waals surface area contributed by atoms with Crippen molar-refractivity contribution in [1.82, 2.24) is 14.9 Å². The third kappa shape index (κ3) is 6.18. The molecule has 1 aliphatic carbocycles. The van der Waals surface area contributed by atoms with Crippen molar-refractivity contribution in [1.29, 1.82) is 0 Å². The molecule has 1 aromatic carbocycles. The smallest absolute Gasteiger partial charge is 0.242 e.